The molecule has 0 bridgehead atoms. The maximum Gasteiger partial charge on any atom is 0.123 e. The quantitative estimate of drug-likeness (QED) is 0.814. The predicted molar refractivity (Wildman–Crippen MR) is 70.0 cm³/mol. The van der Waals surface area contributed by atoms with Crippen LogP contribution in [0.15, 0.2) is 36.5 Å². The molecule has 1 N–H and O–H groups in total. The Balaban J connectivity index is 2.31. The molecule has 2 aromatic rings. The number of para-hydroxylation sites is 1. The molecule has 0 fully saturated rings. The maximum absolute atomic E-state index is 9.26. The summed E-state index contributed by atoms with van der Waals surface area (Å²) in [6, 6.07) is 11.7. The van der Waals surface area contributed by atoms with Gasteiger partial charge in [-0.3, -0.25) is 10.3 Å². The zero-order valence-electron chi connectivity index (χ0n) is 10.3. The standard InChI is InChI=1S/C14H15N3O/c1-18-9-8-16-13(10-15)12-6-2-4-11-5-3-7-17-14(11)12/h2-7,13,16H,8-9H2,1H3. The van der Waals surface area contributed by atoms with E-state index in [-0.39, 0.29) is 6.04 Å². The van der Waals surface area contributed by atoms with Gasteiger partial charge in [-0.15, -0.1) is 0 Å². The molecule has 92 valence electrons. The summed E-state index contributed by atoms with van der Waals surface area (Å²) in [5.41, 5.74) is 1.78. The van der Waals surface area contributed by atoms with Gasteiger partial charge < -0.3 is 4.74 Å². The van der Waals surface area contributed by atoms with Crippen LogP contribution >= 0.6 is 0 Å². The number of nitrogens with one attached hydrogen (secondary N) is 1. The predicted octanol–water partition coefficient (Wildman–Crippen LogP) is 2.04. The summed E-state index contributed by atoms with van der Waals surface area (Å²) in [5, 5.41) is 13.5. The third-order valence-corrected chi connectivity index (χ3v) is 2.76. The molecule has 1 aromatic heterocycles. The van der Waals surface area contributed by atoms with Gasteiger partial charge in [0.05, 0.1) is 18.2 Å². The van der Waals surface area contributed by atoms with Gasteiger partial charge in [0.15, 0.2) is 0 Å². The number of aromatic nitrogens is 1. The lowest BCUT2D eigenvalue weighted by Gasteiger charge is -2.13. The second-order valence-electron chi connectivity index (χ2n) is 3.93. The van der Waals surface area contributed by atoms with Crippen LogP contribution in [0.5, 0.6) is 0 Å². The molecule has 1 atom stereocenters. The Morgan fingerprint density at radius 1 is 1.39 bits per heavy atom. The van der Waals surface area contributed by atoms with Crippen LogP contribution in [0, 0.1) is 11.3 Å². The number of nitrogens with zero attached hydrogens (tertiary/aromatic N) is 2. The Hall–Kier alpha value is -1.96. The van der Waals surface area contributed by atoms with Gasteiger partial charge in [0.25, 0.3) is 0 Å². The number of benzene rings is 1. The number of ether oxygens (including phenoxy) is 1. The van der Waals surface area contributed by atoms with E-state index in [4.69, 9.17) is 4.74 Å². The van der Waals surface area contributed by atoms with Gasteiger partial charge in [-0.1, -0.05) is 24.3 Å². The monoisotopic (exact) mass is 241 g/mol. The molecule has 18 heavy (non-hydrogen) atoms. The number of hydrogen-bond acceptors (Lipinski definition) is 4. The summed E-state index contributed by atoms with van der Waals surface area (Å²) >= 11 is 0. The van der Waals surface area contributed by atoms with Crippen LogP contribution in [0.3, 0.4) is 0 Å². The van der Waals surface area contributed by atoms with Gasteiger partial charge in [0, 0.05) is 30.8 Å². The van der Waals surface area contributed by atoms with Crippen molar-refractivity contribution in [3.63, 3.8) is 0 Å². The molecule has 1 unspecified atom stereocenters. The Morgan fingerprint density at radius 2 is 2.22 bits per heavy atom. The number of pyridine rings is 1. The van der Waals surface area contributed by atoms with E-state index in [9.17, 15) is 5.26 Å². The van der Waals surface area contributed by atoms with E-state index >= 15 is 0 Å². The van der Waals surface area contributed by atoms with Crippen LogP contribution in [0.4, 0.5) is 0 Å². The molecule has 1 aromatic carbocycles. The fourth-order valence-corrected chi connectivity index (χ4v) is 1.89. The van der Waals surface area contributed by atoms with E-state index in [1.807, 2.05) is 30.3 Å². The highest BCUT2D eigenvalue weighted by atomic mass is 16.5. The van der Waals surface area contributed by atoms with Crippen LogP contribution < -0.4 is 5.32 Å². The van der Waals surface area contributed by atoms with Crippen molar-refractivity contribution in [2.75, 3.05) is 20.3 Å². The minimum Gasteiger partial charge on any atom is -0.383 e. The lowest BCUT2D eigenvalue weighted by molar-refractivity contribution is 0.198. The third-order valence-electron chi connectivity index (χ3n) is 2.76. The summed E-state index contributed by atoms with van der Waals surface area (Å²) in [6.07, 6.45) is 1.75. The van der Waals surface area contributed by atoms with Crippen molar-refractivity contribution in [3.05, 3.63) is 42.1 Å². The normalized spacial score (nSPS) is 12.2. The zero-order valence-corrected chi connectivity index (χ0v) is 10.3. The summed E-state index contributed by atoms with van der Waals surface area (Å²) in [6.45, 7) is 1.22. The highest BCUT2D eigenvalue weighted by Crippen LogP contribution is 2.21. The molecule has 4 heteroatoms. The average molecular weight is 241 g/mol. The minimum atomic E-state index is -0.362. The van der Waals surface area contributed by atoms with Gasteiger partial charge in [-0.25, -0.2) is 0 Å². The Bertz CT molecular complexity index is 557. The summed E-state index contributed by atoms with van der Waals surface area (Å²) < 4.78 is 4.97. The highest BCUT2D eigenvalue weighted by Gasteiger charge is 2.13. The Kier molecular flexibility index (Phi) is 4.24. The number of fused-ring (bicyclic) bond motifs is 1. The summed E-state index contributed by atoms with van der Waals surface area (Å²) in [7, 11) is 1.64. The second kappa shape index (κ2) is 6.10. The summed E-state index contributed by atoms with van der Waals surface area (Å²) in [5.74, 6) is 0. The molecule has 0 radical (unpaired) electrons. The number of nitriles is 1. The third kappa shape index (κ3) is 2.65. The fourth-order valence-electron chi connectivity index (χ4n) is 1.89. The highest BCUT2D eigenvalue weighted by molar-refractivity contribution is 5.82. The van der Waals surface area contributed by atoms with Gasteiger partial charge in [-0.05, 0) is 6.07 Å². The Labute approximate surface area is 106 Å². The van der Waals surface area contributed by atoms with Gasteiger partial charge in [0.1, 0.15) is 6.04 Å². The first-order valence-corrected chi connectivity index (χ1v) is 5.82. The van der Waals surface area contributed by atoms with Crippen LogP contribution in [0.25, 0.3) is 10.9 Å². The van der Waals surface area contributed by atoms with E-state index < -0.39 is 0 Å². The van der Waals surface area contributed by atoms with Crippen molar-refractivity contribution >= 4 is 10.9 Å². The maximum atomic E-state index is 9.26. The molecule has 0 saturated heterocycles. The first-order valence-electron chi connectivity index (χ1n) is 5.82. The lowest BCUT2D eigenvalue weighted by atomic mass is 10.0. The fraction of sp³-hybridized carbons (Fsp3) is 0.286. The van der Waals surface area contributed by atoms with E-state index in [0.29, 0.717) is 13.2 Å². The first-order chi connectivity index (χ1) is 8.86. The van der Waals surface area contributed by atoms with Gasteiger partial charge >= 0.3 is 0 Å². The molecule has 0 saturated carbocycles. The van der Waals surface area contributed by atoms with E-state index in [0.717, 1.165) is 16.5 Å². The molecule has 0 aliphatic carbocycles. The van der Waals surface area contributed by atoms with Crippen LogP contribution in [-0.4, -0.2) is 25.2 Å². The molecular weight excluding hydrogens is 226 g/mol. The molecular formula is C14H15N3O. The average Bonchev–Trinajstić information content (AvgIpc) is 2.43. The van der Waals surface area contributed by atoms with Crippen LogP contribution in [0.2, 0.25) is 0 Å². The van der Waals surface area contributed by atoms with Crippen LogP contribution in [0.1, 0.15) is 11.6 Å². The number of methoxy groups -OCH3 is 1. The van der Waals surface area contributed by atoms with Crippen molar-refractivity contribution < 1.29 is 4.74 Å². The lowest BCUT2D eigenvalue weighted by Crippen LogP contribution is -2.24. The molecule has 0 amide bonds. The van der Waals surface area contributed by atoms with E-state index in [1.54, 1.807) is 13.3 Å². The Morgan fingerprint density at radius 3 is 3.00 bits per heavy atom. The van der Waals surface area contributed by atoms with Crippen molar-refractivity contribution in [3.8, 4) is 6.07 Å². The van der Waals surface area contributed by atoms with E-state index in [2.05, 4.69) is 16.4 Å². The van der Waals surface area contributed by atoms with Crippen LogP contribution in [-0.2, 0) is 4.74 Å². The van der Waals surface area contributed by atoms with Gasteiger partial charge in [-0.2, -0.15) is 5.26 Å². The first kappa shape index (κ1) is 12.5. The van der Waals surface area contributed by atoms with Gasteiger partial charge in [0.2, 0.25) is 0 Å². The van der Waals surface area contributed by atoms with Crippen molar-refractivity contribution in [1.82, 2.24) is 10.3 Å². The second-order valence-corrected chi connectivity index (χ2v) is 3.93. The summed E-state index contributed by atoms with van der Waals surface area (Å²) in [4.78, 5) is 4.36. The number of hydrogen-bond donors (Lipinski definition) is 1. The molecule has 4 nitrogen and oxygen atoms in total. The van der Waals surface area contributed by atoms with Crippen molar-refractivity contribution in [1.29, 1.82) is 5.26 Å². The molecule has 1 heterocycles. The molecule has 0 spiro atoms. The molecule has 0 aliphatic rings. The largest absolute Gasteiger partial charge is 0.383 e. The minimum absolute atomic E-state index is 0.362. The van der Waals surface area contributed by atoms with Crippen molar-refractivity contribution in [2.45, 2.75) is 6.04 Å². The molecule has 2 rings (SSSR count). The van der Waals surface area contributed by atoms with Crippen molar-refractivity contribution in [2.24, 2.45) is 0 Å². The smallest absolute Gasteiger partial charge is 0.123 e. The number of rotatable bonds is 5. The zero-order chi connectivity index (χ0) is 12.8. The molecule has 0 aliphatic heterocycles. The van der Waals surface area contributed by atoms with E-state index in [1.165, 1.54) is 0 Å². The SMILES string of the molecule is COCCNC(C#N)c1cccc2cccnc12. The topological polar surface area (TPSA) is 57.9 Å².